The van der Waals surface area contributed by atoms with Crippen LogP contribution < -0.4 is 4.31 Å². The number of esters is 1. The number of aliphatic hydroxyl groups excluding tert-OH is 2. The summed E-state index contributed by atoms with van der Waals surface area (Å²) in [6.07, 6.45) is 0.653. The lowest BCUT2D eigenvalue weighted by molar-refractivity contribution is -0.527. The Hall–Kier alpha value is -3.21. The maximum Gasteiger partial charge on any atom is 0.308 e. The van der Waals surface area contributed by atoms with Gasteiger partial charge in [-0.25, -0.2) is 36.8 Å². The molecule has 0 saturated heterocycles. The minimum absolute atomic E-state index is 0.0374. The van der Waals surface area contributed by atoms with Gasteiger partial charge in [0.1, 0.15) is 18.5 Å². The molecule has 0 bridgehead atoms. The van der Waals surface area contributed by atoms with E-state index in [0.29, 0.717) is 35.4 Å². The Bertz CT molecular complexity index is 1410. The lowest BCUT2D eigenvalue weighted by Crippen LogP contribution is -2.31. The van der Waals surface area contributed by atoms with Crippen LogP contribution in [0.2, 0.25) is 0 Å². The highest BCUT2D eigenvalue weighted by Gasteiger charge is 2.23. The van der Waals surface area contributed by atoms with E-state index in [0.717, 1.165) is 10.6 Å². The van der Waals surface area contributed by atoms with Gasteiger partial charge in [0, 0.05) is 24.6 Å². The van der Waals surface area contributed by atoms with E-state index in [1.807, 2.05) is 13.8 Å². The fourth-order valence-electron chi connectivity index (χ4n) is 4.20. The number of sulfonamides is 1. The minimum Gasteiger partial charge on any atom is -0.466 e. The van der Waals surface area contributed by atoms with Gasteiger partial charge in [0.25, 0.3) is 0 Å². The molecular weight excluding hydrogens is 649 g/mol. The molecule has 3 atom stereocenters. The number of hydrogen-bond acceptors (Lipinski definition) is 16. The summed E-state index contributed by atoms with van der Waals surface area (Å²) in [5.74, 6) is -1.52. The van der Waals surface area contributed by atoms with Gasteiger partial charge in [-0.15, -0.1) is 0 Å². The molecular formula is C28H42FN5O12S. The van der Waals surface area contributed by atoms with Gasteiger partial charge in [-0.3, -0.25) is 25.6 Å². The minimum atomic E-state index is -3.71. The lowest BCUT2D eigenvalue weighted by atomic mass is 9.97. The molecule has 264 valence electrons. The molecule has 0 aliphatic rings. The van der Waals surface area contributed by atoms with E-state index >= 15 is 0 Å². The van der Waals surface area contributed by atoms with E-state index in [4.69, 9.17) is 25.6 Å². The van der Waals surface area contributed by atoms with Crippen molar-refractivity contribution in [3.8, 4) is 11.3 Å². The number of aromatic nitrogens is 2. The first-order chi connectivity index (χ1) is 22.0. The summed E-state index contributed by atoms with van der Waals surface area (Å²) < 4.78 is 44.2. The molecule has 1 aromatic carbocycles. The largest absolute Gasteiger partial charge is 0.466 e. The molecule has 0 radical (unpaired) electrons. The second-order valence-electron chi connectivity index (χ2n) is 10.8. The van der Waals surface area contributed by atoms with E-state index in [9.17, 15) is 27.8 Å². The summed E-state index contributed by atoms with van der Waals surface area (Å²) in [5, 5.41) is 54.7. The summed E-state index contributed by atoms with van der Waals surface area (Å²) in [4.78, 5) is 30.1. The highest BCUT2D eigenvalue weighted by molar-refractivity contribution is 7.92. The Kier molecular flexibility index (Phi) is 16.1. The van der Waals surface area contributed by atoms with Gasteiger partial charge in [-0.2, -0.15) is 0 Å². The van der Waals surface area contributed by atoms with Gasteiger partial charge < -0.3 is 14.9 Å². The van der Waals surface area contributed by atoms with Crippen LogP contribution in [0, 0.1) is 5.82 Å². The van der Waals surface area contributed by atoms with Crippen LogP contribution >= 0.6 is 0 Å². The Morgan fingerprint density at radius 3 is 2.28 bits per heavy atom. The molecule has 0 amide bonds. The van der Waals surface area contributed by atoms with Crippen molar-refractivity contribution in [3.63, 3.8) is 0 Å². The second kappa shape index (κ2) is 19.0. The number of carbonyl (C=O) groups excluding carboxylic acids is 1. The van der Waals surface area contributed by atoms with Crippen LogP contribution in [0.5, 0.6) is 0 Å². The van der Waals surface area contributed by atoms with Gasteiger partial charge >= 0.3 is 5.97 Å². The van der Waals surface area contributed by atoms with E-state index in [-0.39, 0.29) is 31.3 Å². The second-order valence-corrected chi connectivity index (χ2v) is 12.8. The zero-order chi connectivity index (χ0) is 35.3. The van der Waals surface area contributed by atoms with Crippen LogP contribution in [0.1, 0.15) is 63.1 Å². The molecule has 0 saturated carbocycles. The van der Waals surface area contributed by atoms with Gasteiger partial charge in [-0.05, 0) is 49.4 Å². The molecule has 2 rings (SSSR count). The summed E-state index contributed by atoms with van der Waals surface area (Å²) in [6, 6.07) is 5.42. The molecule has 0 aliphatic carbocycles. The van der Waals surface area contributed by atoms with Crippen LogP contribution in [0.15, 0.2) is 30.3 Å². The molecule has 0 unspecified atom stereocenters. The van der Waals surface area contributed by atoms with Crippen LogP contribution in [-0.2, 0) is 29.2 Å². The third kappa shape index (κ3) is 14.2. The van der Waals surface area contributed by atoms with Crippen molar-refractivity contribution in [3.05, 3.63) is 47.4 Å². The van der Waals surface area contributed by atoms with Crippen LogP contribution in [-0.4, -0.2) is 111 Å². The van der Waals surface area contributed by atoms with E-state index < -0.39 is 63.9 Å². The van der Waals surface area contributed by atoms with Crippen LogP contribution in [0.4, 0.5) is 10.3 Å². The highest BCUT2D eigenvalue weighted by Crippen LogP contribution is 2.31. The molecule has 1 aromatic heterocycles. The third-order valence-electron chi connectivity index (χ3n) is 6.61. The van der Waals surface area contributed by atoms with E-state index in [1.54, 1.807) is 0 Å². The Morgan fingerprint density at radius 1 is 1.04 bits per heavy atom. The SMILES string of the molecule is CC(C)c1nc(N(C)S(C)(=O)=O)nc(-c2ccc(F)cc2)c1/C=C/[C@@H](O)C[C@@H](O)CC(=O)OCCCC[C@@H](CON(O)O)ON(O)O. The van der Waals surface area contributed by atoms with Crippen LogP contribution in [0.25, 0.3) is 17.3 Å². The zero-order valence-corrected chi connectivity index (χ0v) is 27.2. The fraction of sp³-hybridized carbons (Fsp3) is 0.536. The van der Waals surface area contributed by atoms with Crippen molar-refractivity contribution < 1.29 is 63.1 Å². The van der Waals surface area contributed by atoms with Crippen molar-refractivity contribution in [1.29, 1.82) is 0 Å². The van der Waals surface area contributed by atoms with E-state index in [1.165, 1.54) is 43.5 Å². The maximum atomic E-state index is 13.7. The standard InChI is InChI=1S/C28H42FN5O12S/c1-18(2)26-24(27(19-8-10-20(29)11-9-19)31-28(30-26)32(3)47(4,42)43)13-12-21(35)15-22(36)16-25(37)44-14-6-5-7-23(46-34(40)41)17-45-33(38)39/h8-13,18,21-23,35-36,38-41H,5-7,14-17H2,1-4H3/b13-12+/t21-,22-,23+/m1/s1. The topological polar surface area (TPSA) is 236 Å². The molecule has 2 aromatic rings. The molecule has 17 nitrogen and oxygen atoms in total. The number of hydrogen-bond donors (Lipinski definition) is 6. The number of nitrogens with zero attached hydrogens (tertiary/aromatic N) is 5. The number of aliphatic hydroxyl groups is 2. The Labute approximate surface area is 271 Å². The average Bonchev–Trinajstić information content (AvgIpc) is 2.97. The molecule has 0 spiro atoms. The van der Waals surface area contributed by atoms with Gasteiger partial charge in [0.15, 0.2) is 0 Å². The van der Waals surface area contributed by atoms with E-state index in [2.05, 4.69) is 19.6 Å². The average molecular weight is 692 g/mol. The first-order valence-corrected chi connectivity index (χ1v) is 16.3. The molecule has 0 aliphatic heterocycles. The summed E-state index contributed by atoms with van der Waals surface area (Å²) >= 11 is 0. The Balaban J connectivity index is 2.05. The first-order valence-electron chi connectivity index (χ1n) is 14.4. The molecule has 6 N–H and O–H groups in total. The summed E-state index contributed by atoms with van der Waals surface area (Å²) in [6.45, 7) is 3.20. The van der Waals surface area contributed by atoms with Crippen molar-refractivity contribution >= 4 is 28.0 Å². The fourth-order valence-corrected chi connectivity index (χ4v) is 4.58. The monoisotopic (exact) mass is 691 g/mol. The predicted octanol–water partition coefficient (Wildman–Crippen LogP) is 2.42. The van der Waals surface area contributed by atoms with Gasteiger partial charge in [0.2, 0.25) is 16.0 Å². The first kappa shape index (κ1) is 40.0. The van der Waals surface area contributed by atoms with Crippen molar-refractivity contribution in [1.82, 2.24) is 20.7 Å². The molecule has 47 heavy (non-hydrogen) atoms. The zero-order valence-electron chi connectivity index (χ0n) is 26.4. The third-order valence-corrected chi connectivity index (χ3v) is 7.77. The van der Waals surface area contributed by atoms with Gasteiger partial charge in [-0.1, -0.05) is 26.0 Å². The van der Waals surface area contributed by atoms with Crippen molar-refractivity contribution in [2.75, 3.05) is 30.8 Å². The summed E-state index contributed by atoms with van der Waals surface area (Å²) in [5.41, 5.74) is 1.66. The number of ether oxygens (including phenoxy) is 1. The van der Waals surface area contributed by atoms with Crippen LogP contribution in [0.3, 0.4) is 0 Å². The number of rotatable bonds is 20. The number of benzene rings is 1. The Morgan fingerprint density at radius 2 is 1.70 bits per heavy atom. The normalized spacial score (nSPS) is 14.3. The predicted molar refractivity (Wildman–Crippen MR) is 162 cm³/mol. The number of carbonyl (C=O) groups is 1. The summed E-state index contributed by atoms with van der Waals surface area (Å²) in [7, 11) is -2.40. The molecule has 1 heterocycles. The maximum absolute atomic E-state index is 13.7. The number of anilines is 1. The highest BCUT2D eigenvalue weighted by atomic mass is 32.2. The van der Waals surface area contributed by atoms with Crippen molar-refractivity contribution in [2.24, 2.45) is 0 Å². The number of unbranched alkanes of at least 4 members (excludes halogenated alkanes) is 1. The smallest absolute Gasteiger partial charge is 0.308 e. The number of halogens is 1. The van der Waals surface area contributed by atoms with Crippen molar-refractivity contribution in [2.45, 2.75) is 70.2 Å². The lowest BCUT2D eigenvalue weighted by Gasteiger charge is -2.20. The molecule has 0 fully saturated rings. The molecule has 19 heteroatoms. The quantitative estimate of drug-likeness (QED) is 0.0664. The van der Waals surface area contributed by atoms with Gasteiger partial charge in [0.05, 0.1) is 53.7 Å².